The Kier molecular flexibility index (Phi) is 4.30. The largest absolute Gasteiger partial charge is 0.479 e. The highest BCUT2D eigenvalue weighted by atomic mass is 19.1. The van der Waals surface area contributed by atoms with E-state index in [0.717, 1.165) is 12.3 Å². The Morgan fingerprint density at radius 1 is 1.44 bits per heavy atom. The molecule has 1 rings (SSSR count). The minimum atomic E-state index is -0.686. The number of hydrazine groups is 1. The van der Waals surface area contributed by atoms with Gasteiger partial charge in [-0.25, -0.2) is 19.6 Å². The fourth-order valence-corrected chi connectivity index (χ4v) is 1.10. The van der Waals surface area contributed by atoms with Crippen molar-refractivity contribution in [2.45, 2.75) is 26.4 Å². The first-order chi connectivity index (χ1) is 8.31. The van der Waals surface area contributed by atoms with Crippen LogP contribution in [0, 0.1) is 5.82 Å². The van der Waals surface area contributed by atoms with Crippen molar-refractivity contribution in [1.82, 2.24) is 10.4 Å². The van der Waals surface area contributed by atoms with Crippen LogP contribution in [-0.2, 0) is 4.74 Å². The number of carbonyl (C=O) groups excluding carboxylic acids is 1. The third-order valence-corrected chi connectivity index (χ3v) is 1.71. The molecule has 7 heteroatoms. The van der Waals surface area contributed by atoms with Crippen molar-refractivity contribution in [3.63, 3.8) is 0 Å². The summed E-state index contributed by atoms with van der Waals surface area (Å²) in [5.74, 6) is -0.392. The number of amides is 1. The van der Waals surface area contributed by atoms with E-state index in [1.54, 1.807) is 20.8 Å². The second kappa shape index (κ2) is 5.52. The summed E-state index contributed by atoms with van der Waals surface area (Å²) in [7, 11) is 1.39. The van der Waals surface area contributed by atoms with Gasteiger partial charge in [-0.3, -0.25) is 5.43 Å². The highest BCUT2D eigenvalue weighted by molar-refractivity contribution is 5.70. The van der Waals surface area contributed by atoms with E-state index in [4.69, 9.17) is 9.47 Å². The number of hydrogen-bond donors (Lipinski definition) is 2. The van der Waals surface area contributed by atoms with Gasteiger partial charge in [0.1, 0.15) is 17.1 Å². The molecule has 0 unspecified atom stereocenters. The van der Waals surface area contributed by atoms with Crippen LogP contribution in [0.25, 0.3) is 0 Å². The van der Waals surface area contributed by atoms with E-state index in [1.165, 1.54) is 7.11 Å². The molecule has 18 heavy (non-hydrogen) atoms. The number of halogens is 1. The molecule has 0 saturated heterocycles. The number of hydrogen-bond acceptors (Lipinski definition) is 5. The summed E-state index contributed by atoms with van der Waals surface area (Å²) >= 11 is 0. The molecule has 0 aromatic carbocycles. The number of methoxy groups -OCH3 is 1. The molecule has 0 aliphatic carbocycles. The minimum Gasteiger partial charge on any atom is -0.479 e. The summed E-state index contributed by atoms with van der Waals surface area (Å²) in [5.41, 5.74) is 4.32. The summed E-state index contributed by atoms with van der Waals surface area (Å²) in [6.07, 6.45) is 0.325. The van der Waals surface area contributed by atoms with E-state index in [2.05, 4.69) is 15.8 Å². The molecule has 1 amide bonds. The van der Waals surface area contributed by atoms with E-state index in [0.29, 0.717) is 0 Å². The predicted molar refractivity (Wildman–Crippen MR) is 63.7 cm³/mol. The van der Waals surface area contributed by atoms with E-state index < -0.39 is 17.5 Å². The Balaban J connectivity index is 2.63. The molecule has 0 radical (unpaired) electrons. The lowest BCUT2D eigenvalue weighted by molar-refractivity contribution is 0.0541. The average molecular weight is 257 g/mol. The Bertz CT molecular complexity index is 432. The maximum absolute atomic E-state index is 13.0. The van der Waals surface area contributed by atoms with Crippen LogP contribution in [-0.4, -0.2) is 23.8 Å². The summed E-state index contributed by atoms with van der Waals surface area (Å²) in [5, 5.41) is 0. The van der Waals surface area contributed by atoms with Gasteiger partial charge in [0.25, 0.3) is 0 Å². The molecular formula is C11H16FN3O3. The maximum atomic E-state index is 13.0. The van der Waals surface area contributed by atoms with Crippen molar-refractivity contribution in [2.24, 2.45) is 0 Å². The SMILES string of the molecule is COc1ncc(F)cc1NNC(=O)OC(C)(C)C. The lowest BCUT2D eigenvalue weighted by atomic mass is 10.2. The predicted octanol–water partition coefficient (Wildman–Crippen LogP) is 2.08. The molecule has 0 aliphatic heterocycles. The molecule has 0 atom stereocenters. The fourth-order valence-electron chi connectivity index (χ4n) is 1.10. The van der Waals surface area contributed by atoms with Crippen LogP contribution < -0.4 is 15.6 Å². The van der Waals surface area contributed by atoms with Gasteiger partial charge in [-0.1, -0.05) is 0 Å². The number of pyridine rings is 1. The number of aromatic nitrogens is 1. The zero-order chi connectivity index (χ0) is 13.8. The number of rotatable bonds is 3. The van der Waals surface area contributed by atoms with E-state index >= 15 is 0 Å². The lowest BCUT2D eigenvalue weighted by Gasteiger charge is -2.20. The standard InChI is InChI=1S/C11H16FN3O3/c1-11(2,3)18-10(16)15-14-8-5-7(12)6-13-9(8)17-4/h5-6,14H,1-4H3,(H,15,16). The van der Waals surface area contributed by atoms with Gasteiger partial charge in [-0.2, -0.15) is 0 Å². The van der Waals surface area contributed by atoms with Crippen molar-refractivity contribution in [2.75, 3.05) is 12.5 Å². The monoisotopic (exact) mass is 257 g/mol. The van der Waals surface area contributed by atoms with Gasteiger partial charge in [0.05, 0.1) is 13.3 Å². The van der Waals surface area contributed by atoms with Crippen LogP contribution >= 0.6 is 0 Å². The third kappa shape index (κ3) is 4.44. The molecular weight excluding hydrogens is 241 g/mol. The van der Waals surface area contributed by atoms with Crippen LogP contribution in [0.2, 0.25) is 0 Å². The van der Waals surface area contributed by atoms with Gasteiger partial charge in [-0.05, 0) is 20.8 Å². The van der Waals surface area contributed by atoms with Crippen LogP contribution in [0.15, 0.2) is 12.3 Å². The van der Waals surface area contributed by atoms with Crippen LogP contribution in [0.3, 0.4) is 0 Å². The van der Waals surface area contributed by atoms with Gasteiger partial charge in [0, 0.05) is 6.07 Å². The average Bonchev–Trinajstić information content (AvgIpc) is 2.24. The topological polar surface area (TPSA) is 72.5 Å². The van der Waals surface area contributed by atoms with Gasteiger partial charge in [0.2, 0.25) is 5.88 Å². The molecule has 0 bridgehead atoms. The fraction of sp³-hybridized carbons (Fsp3) is 0.455. The molecule has 0 aliphatic rings. The normalized spacial score (nSPS) is 10.7. The van der Waals surface area contributed by atoms with Gasteiger partial charge in [-0.15, -0.1) is 0 Å². The second-order valence-electron chi connectivity index (χ2n) is 4.46. The van der Waals surface area contributed by atoms with Crippen LogP contribution in [0.4, 0.5) is 14.9 Å². The Labute approximate surface area is 104 Å². The van der Waals surface area contributed by atoms with Crippen molar-refractivity contribution < 1.29 is 18.7 Å². The number of carbonyl (C=O) groups is 1. The summed E-state index contributed by atoms with van der Waals surface area (Å²) in [4.78, 5) is 15.1. The third-order valence-electron chi connectivity index (χ3n) is 1.71. The Hall–Kier alpha value is -2.05. The molecule has 6 nitrogen and oxygen atoms in total. The Morgan fingerprint density at radius 2 is 2.11 bits per heavy atom. The van der Waals surface area contributed by atoms with Gasteiger partial charge in [0.15, 0.2) is 0 Å². The highest BCUT2D eigenvalue weighted by Gasteiger charge is 2.16. The molecule has 0 spiro atoms. The second-order valence-corrected chi connectivity index (χ2v) is 4.46. The van der Waals surface area contributed by atoms with E-state index in [9.17, 15) is 9.18 Å². The lowest BCUT2D eigenvalue weighted by Crippen LogP contribution is -2.36. The van der Waals surface area contributed by atoms with Crippen LogP contribution in [0.5, 0.6) is 5.88 Å². The van der Waals surface area contributed by atoms with Crippen LogP contribution in [0.1, 0.15) is 20.8 Å². The first-order valence-corrected chi connectivity index (χ1v) is 5.26. The zero-order valence-electron chi connectivity index (χ0n) is 10.7. The number of anilines is 1. The minimum absolute atomic E-state index is 0.160. The molecule has 1 aromatic heterocycles. The van der Waals surface area contributed by atoms with E-state index in [1.807, 2.05) is 0 Å². The van der Waals surface area contributed by atoms with E-state index in [-0.39, 0.29) is 11.6 Å². The smallest absolute Gasteiger partial charge is 0.426 e. The van der Waals surface area contributed by atoms with Crippen molar-refractivity contribution >= 4 is 11.8 Å². The quantitative estimate of drug-likeness (QED) is 0.811. The van der Waals surface area contributed by atoms with Crippen molar-refractivity contribution in [3.8, 4) is 5.88 Å². The van der Waals surface area contributed by atoms with Crippen molar-refractivity contribution in [1.29, 1.82) is 0 Å². The molecule has 0 saturated carbocycles. The molecule has 2 N–H and O–H groups in total. The molecule has 0 fully saturated rings. The molecule has 1 aromatic rings. The number of nitrogens with one attached hydrogen (secondary N) is 2. The zero-order valence-corrected chi connectivity index (χ0v) is 10.7. The summed E-state index contributed by atoms with van der Waals surface area (Å²) in [6, 6.07) is 1.14. The first-order valence-electron chi connectivity index (χ1n) is 5.26. The first kappa shape index (κ1) is 14.0. The summed E-state index contributed by atoms with van der Waals surface area (Å²) in [6.45, 7) is 5.20. The number of ether oxygens (including phenoxy) is 2. The molecule has 100 valence electrons. The van der Waals surface area contributed by atoms with Crippen molar-refractivity contribution in [3.05, 3.63) is 18.1 Å². The maximum Gasteiger partial charge on any atom is 0.426 e. The van der Waals surface area contributed by atoms with Gasteiger partial charge >= 0.3 is 6.09 Å². The Morgan fingerprint density at radius 3 is 2.67 bits per heavy atom. The van der Waals surface area contributed by atoms with Gasteiger partial charge < -0.3 is 9.47 Å². The molecule has 1 heterocycles. The summed E-state index contributed by atoms with van der Waals surface area (Å²) < 4.78 is 22.9. The number of nitrogens with zero attached hydrogens (tertiary/aromatic N) is 1. The highest BCUT2D eigenvalue weighted by Crippen LogP contribution is 2.20.